The quantitative estimate of drug-likeness (QED) is 0.601. The van der Waals surface area contributed by atoms with Crippen molar-refractivity contribution in [2.24, 2.45) is 0 Å². The fourth-order valence-corrected chi connectivity index (χ4v) is 5.24. The number of hydrogen-bond acceptors (Lipinski definition) is 4. The van der Waals surface area contributed by atoms with E-state index in [0.29, 0.717) is 24.6 Å². The standard InChI is InChI=1S/C24H27FN4O3S/c1-24(2,3)21-16-22(29(27-21)19-11-9-18(25)10-12-19)26-23(30)17-7-6-8-20(15-17)33(31,32)28-13-4-5-14-28/h6-12,15-16H,4-5,13-14H2,1-3H3,(H,26,30). The number of nitrogens with one attached hydrogen (secondary N) is 1. The van der Waals surface area contributed by atoms with Crippen LogP contribution in [0.1, 0.15) is 49.7 Å². The van der Waals surface area contributed by atoms with Crippen LogP contribution in [0.4, 0.5) is 10.2 Å². The molecule has 2 heterocycles. The smallest absolute Gasteiger partial charge is 0.256 e. The van der Waals surface area contributed by atoms with E-state index in [0.717, 1.165) is 18.5 Å². The van der Waals surface area contributed by atoms with Crippen molar-refractivity contribution in [3.8, 4) is 5.69 Å². The molecular formula is C24H27FN4O3S. The molecular weight excluding hydrogens is 443 g/mol. The first-order valence-electron chi connectivity index (χ1n) is 10.8. The molecule has 174 valence electrons. The number of hydrogen-bond donors (Lipinski definition) is 1. The summed E-state index contributed by atoms with van der Waals surface area (Å²) in [7, 11) is -3.64. The Kier molecular flexibility index (Phi) is 6.11. The van der Waals surface area contributed by atoms with E-state index in [1.54, 1.807) is 35.0 Å². The molecule has 1 aliphatic heterocycles. The van der Waals surface area contributed by atoms with E-state index < -0.39 is 15.9 Å². The average molecular weight is 471 g/mol. The summed E-state index contributed by atoms with van der Waals surface area (Å²) in [6, 6.07) is 13.6. The first-order chi connectivity index (χ1) is 15.6. The maximum absolute atomic E-state index is 13.4. The molecule has 0 bridgehead atoms. The number of nitrogens with zero attached hydrogens (tertiary/aromatic N) is 3. The van der Waals surface area contributed by atoms with Gasteiger partial charge in [-0.2, -0.15) is 9.40 Å². The molecule has 1 aliphatic rings. The van der Waals surface area contributed by atoms with Crippen LogP contribution in [-0.2, 0) is 15.4 Å². The minimum Gasteiger partial charge on any atom is -0.306 e. The van der Waals surface area contributed by atoms with E-state index in [1.165, 1.54) is 28.6 Å². The number of halogens is 1. The third kappa shape index (κ3) is 4.84. The maximum atomic E-state index is 13.4. The van der Waals surface area contributed by atoms with E-state index in [9.17, 15) is 17.6 Å². The minimum atomic E-state index is -3.64. The number of anilines is 1. The van der Waals surface area contributed by atoms with Gasteiger partial charge in [0.2, 0.25) is 10.0 Å². The Hall–Kier alpha value is -3.04. The first-order valence-corrected chi connectivity index (χ1v) is 12.3. The molecule has 1 amide bonds. The highest BCUT2D eigenvalue weighted by Gasteiger charge is 2.28. The predicted molar refractivity (Wildman–Crippen MR) is 125 cm³/mol. The highest BCUT2D eigenvalue weighted by Crippen LogP contribution is 2.27. The van der Waals surface area contributed by atoms with E-state index in [-0.39, 0.29) is 21.7 Å². The molecule has 1 N–H and O–H groups in total. The molecule has 33 heavy (non-hydrogen) atoms. The Bertz CT molecular complexity index is 1270. The van der Waals surface area contributed by atoms with E-state index in [1.807, 2.05) is 20.8 Å². The summed E-state index contributed by atoms with van der Waals surface area (Å²) in [6.07, 6.45) is 1.67. The lowest BCUT2D eigenvalue weighted by molar-refractivity contribution is 0.102. The van der Waals surface area contributed by atoms with Gasteiger partial charge < -0.3 is 5.32 Å². The zero-order valence-electron chi connectivity index (χ0n) is 18.9. The third-order valence-electron chi connectivity index (χ3n) is 5.59. The van der Waals surface area contributed by atoms with Gasteiger partial charge >= 0.3 is 0 Å². The van der Waals surface area contributed by atoms with Crippen LogP contribution in [0.2, 0.25) is 0 Å². The topological polar surface area (TPSA) is 84.3 Å². The highest BCUT2D eigenvalue weighted by molar-refractivity contribution is 7.89. The number of sulfonamides is 1. The molecule has 2 aromatic carbocycles. The van der Waals surface area contributed by atoms with Crippen LogP contribution >= 0.6 is 0 Å². The lowest BCUT2D eigenvalue weighted by Crippen LogP contribution is -2.28. The van der Waals surface area contributed by atoms with Gasteiger partial charge in [-0.3, -0.25) is 4.79 Å². The average Bonchev–Trinajstić information content (AvgIpc) is 3.45. The van der Waals surface area contributed by atoms with Crippen molar-refractivity contribution in [1.82, 2.24) is 14.1 Å². The zero-order chi connectivity index (χ0) is 23.8. The van der Waals surface area contributed by atoms with Crippen molar-refractivity contribution in [2.45, 2.75) is 43.9 Å². The fraction of sp³-hybridized carbons (Fsp3) is 0.333. The Morgan fingerprint density at radius 3 is 2.33 bits per heavy atom. The van der Waals surface area contributed by atoms with E-state index >= 15 is 0 Å². The normalized spacial score (nSPS) is 15.0. The number of aromatic nitrogens is 2. The Balaban J connectivity index is 1.66. The van der Waals surface area contributed by atoms with Crippen LogP contribution in [0.5, 0.6) is 0 Å². The van der Waals surface area contributed by atoms with Gasteiger partial charge in [0.15, 0.2) is 0 Å². The number of amides is 1. The van der Waals surface area contributed by atoms with Crippen LogP contribution in [0, 0.1) is 5.82 Å². The molecule has 0 aliphatic carbocycles. The summed E-state index contributed by atoms with van der Waals surface area (Å²) in [5.41, 5.74) is 1.27. The molecule has 0 radical (unpaired) electrons. The van der Waals surface area contributed by atoms with Crippen molar-refractivity contribution in [3.05, 3.63) is 71.7 Å². The van der Waals surface area contributed by atoms with Crippen molar-refractivity contribution in [3.63, 3.8) is 0 Å². The Morgan fingerprint density at radius 2 is 1.70 bits per heavy atom. The van der Waals surface area contributed by atoms with Crippen LogP contribution in [0.25, 0.3) is 5.69 Å². The molecule has 0 unspecified atom stereocenters. The second-order valence-electron chi connectivity index (χ2n) is 9.15. The SMILES string of the molecule is CC(C)(C)c1cc(NC(=O)c2cccc(S(=O)(=O)N3CCCC3)c2)n(-c2ccc(F)cc2)n1. The summed E-state index contributed by atoms with van der Waals surface area (Å²) in [5, 5.41) is 7.45. The van der Waals surface area contributed by atoms with Crippen molar-refractivity contribution in [2.75, 3.05) is 18.4 Å². The molecule has 0 atom stereocenters. The predicted octanol–water partition coefficient (Wildman–Crippen LogP) is 4.35. The summed E-state index contributed by atoms with van der Waals surface area (Å²) in [4.78, 5) is 13.2. The molecule has 1 aromatic heterocycles. The van der Waals surface area contributed by atoms with Gasteiger partial charge in [-0.25, -0.2) is 17.5 Å². The van der Waals surface area contributed by atoms with E-state index in [4.69, 9.17) is 0 Å². The Morgan fingerprint density at radius 1 is 1.03 bits per heavy atom. The molecule has 1 fully saturated rings. The lowest BCUT2D eigenvalue weighted by Gasteiger charge is -2.16. The van der Waals surface area contributed by atoms with Crippen LogP contribution in [-0.4, -0.2) is 41.5 Å². The number of rotatable bonds is 5. The monoisotopic (exact) mass is 470 g/mol. The first kappa shape index (κ1) is 23.1. The van der Waals surface area contributed by atoms with Gasteiger partial charge in [-0.15, -0.1) is 0 Å². The maximum Gasteiger partial charge on any atom is 0.256 e. The third-order valence-corrected chi connectivity index (χ3v) is 7.48. The van der Waals surface area contributed by atoms with Gasteiger partial charge in [-0.1, -0.05) is 26.8 Å². The largest absolute Gasteiger partial charge is 0.306 e. The van der Waals surface area contributed by atoms with E-state index in [2.05, 4.69) is 10.4 Å². The number of carbonyl (C=O) groups is 1. The van der Waals surface area contributed by atoms with Gasteiger partial charge in [0.25, 0.3) is 5.91 Å². The lowest BCUT2D eigenvalue weighted by atomic mass is 9.92. The minimum absolute atomic E-state index is 0.0967. The fourth-order valence-electron chi connectivity index (χ4n) is 3.68. The summed E-state index contributed by atoms with van der Waals surface area (Å²) in [5.74, 6) is -0.426. The number of carbonyl (C=O) groups excluding carboxylic acids is 1. The summed E-state index contributed by atoms with van der Waals surface area (Å²) >= 11 is 0. The molecule has 4 rings (SSSR count). The number of benzene rings is 2. The summed E-state index contributed by atoms with van der Waals surface area (Å²) < 4.78 is 42.2. The summed E-state index contributed by atoms with van der Waals surface area (Å²) in [6.45, 7) is 6.99. The second-order valence-corrected chi connectivity index (χ2v) is 11.1. The van der Waals surface area contributed by atoms with Gasteiger partial charge in [0.05, 0.1) is 16.3 Å². The molecule has 9 heteroatoms. The molecule has 0 spiro atoms. The molecule has 0 saturated carbocycles. The molecule has 1 saturated heterocycles. The van der Waals surface area contributed by atoms with Crippen molar-refractivity contribution in [1.29, 1.82) is 0 Å². The Labute approximate surface area is 193 Å². The molecule has 3 aromatic rings. The van der Waals surface area contributed by atoms with Gasteiger partial charge in [-0.05, 0) is 55.3 Å². The van der Waals surface area contributed by atoms with Gasteiger partial charge in [0, 0.05) is 30.1 Å². The molecule has 7 nitrogen and oxygen atoms in total. The zero-order valence-corrected chi connectivity index (χ0v) is 19.7. The van der Waals surface area contributed by atoms with Gasteiger partial charge in [0.1, 0.15) is 11.6 Å². The van der Waals surface area contributed by atoms with Crippen LogP contribution in [0.3, 0.4) is 0 Å². The second kappa shape index (κ2) is 8.72. The van der Waals surface area contributed by atoms with Crippen molar-refractivity contribution >= 4 is 21.7 Å². The van der Waals surface area contributed by atoms with Crippen LogP contribution < -0.4 is 5.32 Å². The van der Waals surface area contributed by atoms with Crippen LogP contribution in [0.15, 0.2) is 59.5 Å². The highest BCUT2D eigenvalue weighted by atomic mass is 32.2. The van der Waals surface area contributed by atoms with Crippen molar-refractivity contribution < 1.29 is 17.6 Å².